The van der Waals surface area contributed by atoms with Crippen LogP contribution >= 0.6 is 0 Å². The first-order valence-electron chi connectivity index (χ1n) is 9.17. The topological polar surface area (TPSA) is 120 Å². The van der Waals surface area contributed by atoms with E-state index in [9.17, 15) is 5.11 Å². The van der Waals surface area contributed by atoms with Crippen molar-refractivity contribution in [1.82, 2.24) is 19.7 Å². The Kier molecular flexibility index (Phi) is 6.15. The van der Waals surface area contributed by atoms with Crippen LogP contribution in [0.4, 0.5) is 11.8 Å². The Morgan fingerprint density at radius 1 is 1.21 bits per heavy atom. The van der Waals surface area contributed by atoms with Gasteiger partial charge in [-0.05, 0) is 18.6 Å². The second-order valence-corrected chi connectivity index (χ2v) is 6.44. The van der Waals surface area contributed by atoms with E-state index >= 15 is 0 Å². The van der Waals surface area contributed by atoms with E-state index in [1.165, 1.54) is 0 Å². The number of aromatic nitrogens is 4. The summed E-state index contributed by atoms with van der Waals surface area (Å²) in [5, 5.41) is 17.4. The third-order valence-electron chi connectivity index (χ3n) is 4.48. The summed E-state index contributed by atoms with van der Waals surface area (Å²) < 4.78 is 12.7. The van der Waals surface area contributed by atoms with Crippen molar-refractivity contribution in [2.75, 3.05) is 31.9 Å². The van der Waals surface area contributed by atoms with Crippen molar-refractivity contribution in [2.45, 2.75) is 32.4 Å². The molecule has 28 heavy (non-hydrogen) atoms. The average molecular weight is 386 g/mol. The fraction of sp³-hybridized carbons (Fsp3) is 0.421. The van der Waals surface area contributed by atoms with Crippen LogP contribution in [0.3, 0.4) is 0 Å². The summed E-state index contributed by atoms with van der Waals surface area (Å²) in [7, 11) is 3.24. The second-order valence-electron chi connectivity index (χ2n) is 6.44. The molecule has 3 rings (SSSR count). The molecule has 2 aromatic heterocycles. The monoisotopic (exact) mass is 386 g/mol. The van der Waals surface area contributed by atoms with Crippen molar-refractivity contribution in [3.05, 3.63) is 30.0 Å². The number of anilines is 2. The van der Waals surface area contributed by atoms with Gasteiger partial charge in [0.05, 0.1) is 45.2 Å². The lowest BCUT2D eigenvalue weighted by Crippen LogP contribution is -2.24. The number of methoxy groups -OCH3 is 2. The van der Waals surface area contributed by atoms with Crippen molar-refractivity contribution in [2.24, 2.45) is 0 Å². The number of nitrogens with zero attached hydrogens (tertiary/aromatic N) is 4. The number of nitrogens with one attached hydrogen (secondary N) is 1. The van der Waals surface area contributed by atoms with Gasteiger partial charge < -0.3 is 25.6 Å². The molecule has 0 bridgehead atoms. The van der Waals surface area contributed by atoms with Crippen LogP contribution in [-0.4, -0.2) is 51.7 Å². The summed E-state index contributed by atoms with van der Waals surface area (Å²) in [6.07, 6.45) is 3.54. The molecule has 2 heterocycles. The van der Waals surface area contributed by atoms with Crippen molar-refractivity contribution in [3.8, 4) is 11.5 Å². The fourth-order valence-corrected chi connectivity index (χ4v) is 3.16. The number of fused-ring (bicyclic) bond motifs is 1. The predicted molar refractivity (Wildman–Crippen MR) is 108 cm³/mol. The normalized spacial score (nSPS) is 12.1. The third-order valence-corrected chi connectivity index (χ3v) is 4.48. The minimum atomic E-state index is -0.123. The van der Waals surface area contributed by atoms with E-state index in [0.29, 0.717) is 34.9 Å². The summed E-state index contributed by atoms with van der Waals surface area (Å²) in [6, 6.07) is 5.50. The highest BCUT2D eigenvalue weighted by Gasteiger charge is 2.17. The lowest BCUT2D eigenvalue weighted by Gasteiger charge is -2.16. The number of aliphatic hydroxyl groups is 1. The van der Waals surface area contributed by atoms with Gasteiger partial charge in [0.25, 0.3) is 0 Å². The summed E-state index contributed by atoms with van der Waals surface area (Å²) in [4.78, 5) is 8.56. The van der Waals surface area contributed by atoms with Gasteiger partial charge >= 0.3 is 0 Å². The molecule has 0 aliphatic carbocycles. The summed E-state index contributed by atoms with van der Waals surface area (Å²) in [6.45, 7) is 2.49. The predicted octanol–water partition coefficient (Wildman–Crippen LogP) is 2.05. The third kappa shape index (κ3) is 4.09. The SMILES string of the molecule is CCC[C@H](CO)Nc1nc(N)nc2cn(Cc3c(OC)cccc3OC)nc12. The quantitative estimate of drug-likeness (QED) is 0.511. The summed E-state index contributed by atoms with van der Waals surface area (Å²) >= 11 is 0. The molecule has 9 heteroatoms. The fourth-order valence-electron chi connectivity index (χ4n) is 3.16. The van der Waals surface area contributed by atoms with Gasteiger partial charge in [-0.1, -0.05) is 19.4 Å². The van der Waals surface area contributed by atoms with Gasteiger partial charge in [0.2, 0.25) is 5.95 Å². The van der Waals surface area contributed by atoms with Crippen LogP contribution in [0.25, 0.3) is 11.0 Å². The maximum Gasteiger partial charge on any atom is 0.222 e. The maximum atomic E-state index is 9.58. The molecule has 0 spiro atoms. The highest BCUT2D eigenvalue weighted by Crippen LogP contribution is 2.30. The van der Waals surface area contributed by atoms with Crippen LogP contribution in [0, 0.1) is 0 Å². The number of hydrogen-bond donors (Lipinski definition) is 3. The number of aliphatic hydroxyl groups excluding tert-OH is 1. The summed E-state index contributed by atoms with van der Waals surface area (Å²) in [5.41, 5.74) is 7.95. The van der Waals surface area contributed by atoms with Gasteiger partial charge in [0.15, 0.2) is 11.3 Å². The minimum absolute atomic E-state index is 0.00162. The first-order chi connectivity index (χ1) is 13.6. The van der Waals surface area contributed by atoms with E-state index in [4.69, 9.17) is 15.2 Å². The number of hydrogen-bond acceptors (Lipinski definition) is 8. The maximum absolute atomic E-state index is 9.58. The molecule has 0 saturated carbocycles. The zero-order valence-electron chi connectivity index (χ0n) is 16.3. The minimum Gasteiger partial charge on any atom is -0.496 e. The average Bonchev–Trinajstić information content (AvgIpc) is 3.10. The zero-order valence-corrected chi connectivity index (χ0v) is 16.3. The van der Waals surface area contributed by atoms with Crippen LogP contribution in [0.15, 0.2) is 24.4 Å². The molecule has 0 aliphatic rings. The largest absolute Gasteiger partial charge is 0.496 e. The molecule has 150 valence electrons. The summed E-state index contributed by atoms with van der Waals surface area (Å²) in [5.74, 6) is 2.09. The van der Waals surface area contributed by atoms with Gasteiger partial charge in [-0.3, -0.25) is 4.68 Å². The first-order valence-corrected chi connectivity index (χ1v) is 9.17. The second kappa shape index (κ2) is 8.75. The lowest BCUT2D eigenvalue weighted by molar-refractivity contribution is 0.268. The molecule has 0 saturated heterocycles. The molecule has 3 aromatic rings. The Morgan fingerprint density at radius 2 is 1.93 bits per heavy atom. The van der Waals surface area contributed by atoms with Crippen LogP contribution in [-0.2, 0) is 6.54 Å². The molecule has 4 N–H and O–H groups in total. The van der Waals surface area contributed by atoms with E-state index in [1.807, 2.05) is 18.2 Å². The highest BCUT2D eigenvalue weighted by atomic mass is 16.5. The highest BCUT2D eigenvalue weighted by molar-refractivity contribution is 5.86. The van der Waals surface area contributed by atoms with Gasteiger partial charge in [-0.2, -0.15) is 10.1 Å². The van der Waals surface area contributed by atoms with E-state index in [2.05, 4.69) is 27.3 Å². The van der Waals surface area contributed by atoms with Crippen LogP contribution in [0.1, 0.15) is 25.3 Å². The van der Waals surface area contributed by atoms with Gasteiger partial charge in [-0.25, -0.2) is 4.98 Å². The molecule has 1 atom stereocenters. The Hall–Kier alpha value is -3.07. The standard InChI is InChI=1S/C19H26N6O3/c1-4-6-12(11-26)21-18-17-14(22-19(20)23-18)10-25(24-17)9-13-15(27-2)7-5-8-16(13)28-3/h5,7-8,10,12,26H,4,6,9,11H2,1-3H3,(H3,20,21,22,23)/t12-/m1/s1. The van der Waals surface area contributed by atoms with E-state index in [-0.39, 0.29) is 18.6 Å². The Balaban J connectivity index is 1.98. The van der Waals surface area contributed by atoms with Gasteiger partial charge in [0, 0.05) is 0 Å². The molecule has 0 aliphatic heterocycles. The Bertz CT molecular complexity index is 921. The molecule has 1 aromatic carbocycles. The van der Waals surface area contributed by atoms with E-state index in [1.54, 1.807) is 25.1 Å². The van der Waals surface area contributed by atoms with Gasteiger partial charge in [0.1, 0.15) is 17.0 Å². The zero-order chi connectivity index (χ0) is 20.1. The van der Waals surface area contributed by atoms with Gasteiger partial charge in [-0.15, -0.1) is 0 Å². The Morgan fingerprint density at radius 3 is 2.54 bits per heavy atom. The molecule has 9 nitrogen and oxygen atoms in total. The molecule has 0 unspecified atom stereocenters. The molecule has 0 fully saturated rings. The van der Waals surface area contributed by atoms with E-state index in [0.717, 1.165) is 18.4 Å². The van der Waals surface area contributed by atoms with Crippen molar-refractivity contribution in [3.63, 3.8) is 0 Å². The number of ether oxygens (including phenoxy) is 2. The van der Waals surface area contributed by atoms with Crippen molar-refractivity contribution in [1.29, 1.82) is 0 Å². The smallest absolute Gasteiger partial charge is 0.222 e. The lowest BCUT2D eigenvalue weighted by atomic mass is 10.1. The molecular formula is C19H26N6O3. The van der Waals surface area contributed by atoms with Crippen LogP contribution in [0.5, 0.6) is 11.5 Å². The van der Waals surface area contributed by atoms with Crippen molar-refractivity contribution < 1.29 is 14.6 Å². The Labute approximate surface area is 163 Å². The van der Waals surface area contributed by atoms with Crippen molar-refractivity contribution >= 4 is 22.8 Å². The molecule has 0 radical (unpaired) electrons. The van der Waals surface area contributed by atoms with Crippen LogP contribution < -0.4 is 20.5 Å². The van der Waals surface area contributed by atoms with Crippen LogP contribution in [0.2, 0.25) is 0 Å². The molecular weight excluding hydrogens is 360 g/mol. The van der Waals surface area contributed by atoms with E-state index < -0.39 is 0 Å². The number of rotatable bonds is 9. The number of nitrogen functional groups attached to an aromatic ring is 1. The number of benzene rings is 1. The molecule has 0 amide bonds. The first kappa shape index (κ1) is 19.7. The number of nitrogens with two attached hydrogens (primary N) is 1.